The smallest absolute Gasteiger partial charge is 0.273 e. The van der Waals surface area contributed by atoms with Crippen molar-refractivity contribution in [2.45, 2.75) is 58.7 Å². The van der Waals surface area contributed by atoms with Crippen LogP contribution in [0, 0.1) is 10.1 Å². The van der Waals surface area contributed by atoms with Crippen molar-refractivity contribution in [2.75, 3.05) is 26.2 Å². The quantitative estimate of drug-likeness (QED) is 0.468. The largest absolute Gasteiger partial charge is 0.373 e. The zero-order valence-electron chi connectivity index (χ0n) is 16.9. The highest BCUT2D eigenvalue weighted by molar-refractivity contribution is 5.95. The van der Waals surface area contributed by atoms with E-state index in [0.29, 0.717) is 17.7 Å². The van der Waals surface area contributed by atoms with E-state index in [-0.39, 0.29) is 29.2 Å². The SMILES string of the molecule is CC1CN(CCCNC(=O)c2ccc(C(C)(C)C)c([N+](=O)[O-])c2)CC(C)O1. The maximum absolute atomic E-state index is 12.4. The summed E-state index contributed by atoms with van der Waals surface area (Å²) in [6.45, 7) is 13.1. The summed E-state index contributed by atoms with van der Waals surface area (Å²) in [5.41, 5.74) is 0.582. The number of amides is 1. The number of hydrogen-bond acceptors (Lipinski definition) is 5. The Labute approximate surface area is 161 Å². The molecule has 0 aliphatic carbocycles. The zero-order chi connectivity index (χ0) is 20.2. The van der Waals surface area contributed by atoms with Crippen LogP contribution in [0.25, 0.3) is 0 Å². The number of morpholine rings is 1. The fourth-order valence-corrected chi connectivity index (χ4v) is 3.53. The van der Waals surface area contributed by atoms with E-state index in [1.54, 1.807) is 12.1 Å². The molecule has 2 atom stereocenters. The lowest BCUT2D eigenvalue weighted by Crippen LogP contribution is -2.46. The van der Waals surface area contributed by atoms with Gasteiger partial charge in [0, 0.05) is 43.4 Å². The summed E-state index contributed by atoms with van der Waals surface area (Å²) in [5, 5.41) is 14.3. The van der Waals surface area contributed by atoms with Crippen LogP contribution >= 0.6 is 0 Å². The number of nitrogens with zero attached hydrogens (tertiary/aromatic N) is 2. The van der Waals surface area contributed by atoms with Gasteiger partial charge in [-0.05, 0) is 31.7 Å². The van der Waals surface area contributed by atoms with Crippen molar-refractivity contribution < 1.29 is 14.5 Å². The molecule has 27 heavy (non-hydrogen) atoms. The van der Waals surface area contributed by atoms with Crippen LogP contribution in [0.15, 0.2) is 18.2 Å². The van der Waals surface area contributed by atoms with E-state index in [1.165, 1.54) is 6.07 Å². The molecule has 150 valence electrons. The molecule has 7 heteroatoms. The molecule has 0 radical (unpaired) electrons. The van der Waals surface area contributed by atoms with Crippen LogP contribution in [-0.2, 0) is 10.2 Å². The molecule has 1 saturated heterocycles. The van der Waals surface area contributed by atoms with Gasteiger partial charge in [0.2, 0.25) is 0 Å². The van der Waals surface area contributed by atoms with Gasteiger partial charge in [-0.3, -0.25) is 19.8 Å². The van der Waals surface area contributed by atoms with Crippen molar-refractivity contribution in [3.05, 3.63) is 39.4 Å². The number of nitro groups is 1. The average molecular weight is 377 g/mol. The van der Waals surface area contributed by atoms with Crippen LogP contribution in [-0.4, -0.2) is 54.1 Å². The minimum atomic E-state index is -0.419. The van der Waals surface area contributed by atoms with Gasteiger partial charge >= 0.3 is 0 Å². The minimum absolute atomic E-state index is 0.00792. The average Bonchev–Trinajstić information content (AvgIpc) is 2.56. The van der Waals surface area contributed by atoms with Gasteiger partial charge in [0.05, 0.1) is 17.1 Å². The lowest BCUT2D eigenvalue weighted by molar-refractivity contribution is -0.386. The first-order chi connectivity index (χ1) is 12.6. The van der Waals surface area contributed by atoms with Gasteiger partial charge in [0.15, 0.2) is 0 Å². The van der Waals surface area contributed by atoms with Gasteiger partial charge in [-0.15, -0.1) is 0 Å². The van der Waals surface area contributed by atoms with Gasteiger partial charge in [-0.2, -0.15) is 0 Å². The Morgan fingerprint density at radius 2 is 1.93 bits per heavy atom. The second kappa shape index (κ2) is 8.80. The molecule has 1 aromatic rings. The van der Waals surface area contributed by atoms with Gasteiger partial charge in [0.25, 0.3) is 11.6 Å². The Balaban J connectivity index is 1.90. The lowest BCUT2D eigenvalue weighted by atomic mass is 9.85. The van der Waals surface area contributed by atoms with Gasteiger partial charge in [-0.1, -0.05) is 26.8 Å². The molecule has 0 saturated carbocycles. The van der Waals surface area contributed by atoms with Crippen LogP contribution in [0.4, 0.5) is 5.69 Å². The van der Waals surface area contributed by atoms with Crippen LogP contribution in [0.3, 0.4) is 0 Å². The first-order valence-corrected chi connectivity index (χ1v) is 9.53. The van der Waals surface area contributed by atoms with Gasteiger partial charge < -0.3 is 10.1 Å². The molecule has 0 spiro atoms. The van der Waals surface area contributed by atoms with Crippen LogP contribution < -0.4 is 5.32 Å². The number of hydrogen-bond donors (Lipinski definition) is 1. The molecule has 1 fully saturated rings. The van der Waals surface area contributed by atoms with Crippen molar-refractivity contribution in [1.29, 1.82) is 0 Å². The molecule has 1 N–H and O–H groups in total. The third-order valence-corrected chi connectivity index (χ3v) is 4.70. The summed E-state index contributed by atoms with van der Waals surface area (Å²) in [4.78, 5) is 25.7. The Hall–Kier alpha value is -1.99. The Morgan fingerprint density at radius 1 is 1.30 bits per heavy atom. The molecule has 0 bridgehead atoms. The van der Waals surface area contributed by atoms with E-state index in [0.717, 1.165) is 26.1 Å². The molecule has 2 unspecified atom stereocenters. The second-order valence-electron chi connectivity index (χ2n) is 8.37. The Morgan fingerprint density at radius 3 is 2.48 bits per heavy atom. The number of nitro benzene ring substituents is 1. The van der Waals surface area contributed by atoms with E-state index in [1.807, 2.05) is 20.8 Å². The number of ether oxygens (including phenoxy) is 1. The fraction of sp³-hybridized carbons (Fsp3) is 0.650. The van der Waals surface area contributed by atoms with Crippen LogP contribution in [0.5, 0.6) is 0 Å². The fourth-order valence-electron chi connectivity index (χ4n) is 3.53. The maximum atomic E-state index is 12.4. The molecule has 1 aliphatic heterocycles. The molecule has 1 amide bonds. The van der Waals surface area contributed by atoms with E-state index in [4.69, 9.17) is 4.74 Å². The number of carbonyl (C=O) groups is 1. The van der Waals surface area contributed by atoms with E-state index < -0.39 is 4.92 Å². The van der Waals surface area contributed by atoms with Gasteiger partial charge in [0.1, 0.15) is 0 Å². The number of benzene rings is 1. The minimum Gasteiger partial charge on any atom is -0.373 e. The lowest BCUT2D eigenvalue weighted by Gasteiger charge is -2.35. The van der Waals surface area contributed by atoms with Crippen molar-refractivity contribution in [2.24, 2.45) is 0 Å². The van der Waals surface area contributed by atoms with E-state index >= 15 is 0 Å². The van der Waals surface area contributed by atoms with Crippen molar-refractivity contribution in [3.63, 3.8) is 0 Å². The van der Waals surface area contributed by atoms with E-state index in [2.05, 4.69) is 24.1 Å². The predicted molar refractivity (Wildman–Crippen MR) is 105 cm³/mol. The first kappa shape index (κ1) is 21.3. The van der Waals surface area contributed by atoms with Crippen molar-refractivity contribution in [3.8, 4) is 0 Å². The molecular weight excluding hydrogens is 346 g/mol. The molecule has 0 aromatic heterocycles. The number of rotatable bonds is 6. The van der Waals surface area contributed by atoms with E-state index in [9.17, 15) is 14.9 Å². The Bertz CT molecular complexity index is 674. The zero-order valence-corrected chi connectivity index (χ0v) is 16.9. The van der Waals surface area contributed by atoms with Crippen LogP contribution in [0.2, 0.25) is 0 Å². The summed E-state index contributed by atoms with van der Waals surface area (Å²) in [6, 6.07) is 4.72. The highest BCUT2D eigenvalue weighted by atomic mass is 16.6. The topological polar surface area (TPSA) is 84.7 Å². The van der Waals surface area contributed by atoms with Gasteiger partial charge in [-0.25, -0.2) is 0 Å². The molecular formula is C20H31N3O4. The number of carbonyl (C=O) groups excluding carboxylic acids is 1. The molecule has 1 aromatic carbocycles. The van der Waals surface area contributed by atoms with Crippen LogP contribution in [0.1, 0.15) is 57.0 Å². The molecule has 7 nitrogen and oxygen atoms in total. The monoisotopic (exact) mass is 377 g/mol. The second-order valence-corrected chi connectivity index (χ2v) is 8.37. The normalized spacial score (nSPS) is 21.1. The summed E-state index contributed by atoms with van der Waals surface area (Å²) in [6.07, 6.45) is 1.28. The van der Waals surface area contributed by atoms with Crippen molar-refractivity contribution in [1.82, 2.24) is 10.2 Å². The third-order valence-electron chi connectivity index (χ3n) is 4.70. The standard InChI is InChI=1S/C20H31N3O4/c1-14-12-22(13-15(2)27-14)10-6-9-21-19(24)16-7-8-17(20(3,4)5)18(11-16)23(25)26/h7-8,11,14-15H,6,9-10,12-13H2,1-5H3,(H,21,24). The summed E-state index contributed by atoms with van der Waals surface area (Å²) in [7, 11) is 0. The maximum Gasteiger partial charge on any atom is 0.273 e. The highest BCUT2D eigenvalue weighted by Crippen LogP contribution is 2.31. The molecule has 1 heterocycles. The summed E-state index contributed by atoms with van der Waals surface area (Å²) >= 11 is 0. The first-order valence-electron chi connectivity index (χ1n) is 9.53. The summed E-state index contributed by atoms with van der Waals surface area (Å²) < 4.78 is 5.72. The third kappa shape index (κ3) is 6.01. The number of nitrogens with one attached hydrogen (secondary N) is 1. The molecule has 1 aliphatic rings. The molecule has 2 rings (SSSR count). The van der Waals surface area contributed by atoms with Crippen molar-refractivity contribution >= 4 is 11.6 Å². The summed E-state index contributed by atoms with van der Waals surface area (Å²) in [5.74, 6) is -0.276. The highest BCUT2D eigenvalue weighted by Gasteiger charge is 2.26. The Kier molecular flexibility index (Phi) is 6.95. The predicted octanol–water partition coefficient (Wildman–Crippen LogP) is 3.12.